The molecule has 1 aliphatic rings. The van der Waals surface area contributed by atoms with E-state index in [9.17, 15) is 10.1 Å². The van der Waals surface area contributed by atoms with Gasteiger partial charge in [-0.15, -0.1) is 0 Å². The molecular formula is C12H17BN2O4. The van der Waals surface area contributed by atoms with Gasteiger partial charge in [-0.2, -0.15) is 0 Å². The van der Waals surface area contributed by atoms with Crippen molar-refractivity contribution in [1.29, 1.82) is 0 Å². The van der Waals surface area contributed by atoms with Crippen LogP contribution >= 0.6 is 0 Å². The average molecular weight is 264 g/mol. The molecule has 0 N–H and O–H groups in total. The molecule has 1 aromatic heterocycles. The number of pyridine rings is 1. The Morgan fingerprint density at radius 3 is 2.26 bits per heavy atom. The first kappa shape index (κ1) is 14.0. The van der Waals surface area contributed by atoms with Gasteiger partial charge in [-0.25, -0.2) is 0 Å². The van der Waals surface area contributed by atoms with Gasteiger partial charge in [0.15, 0.2) is 0 Å². The normalized spacial score (nSPS) is 20.6. The van der Waals surface area contributed by atoms with Crippen molar-refractivity contribution >= 4 is 18.3 Å². The van der Waals surface area contributed by atoms with E-state index in [1.165, 1.54) is 12.3 Å². The van der Waals surface area contributed by atoms with Crippen LogP contribution in [-0.4, -0.2) is 28.2 Å². The maximum atomic E-state index is 10.8. The van der Waals surface area contributed by atoms with Gasteiger partial charge in [-0.05, 0) is 34.6 Å². The number of nitro groups is 1. The standard InChI is InChI=1S/C12H17BN2O4/c1-8-10(6-9(7-14-8)15(16)17)13-18-11(2,3)12(4,5)19-13/h6-7H,1-5H3. The molecule has 0 aliphatic carbocycles. The molecule has 0 saturated carbocycles. The van der Waals surface area contributed by atoms with E-state index in [1.807, 2.05) is 27.7 Å². The van der Waals surface area contributed by atoms with E-state index in [2.05, 4.69) is 4.98 Å². The van der Waals surface area contributed by atoms with Crippen molar-refractivity contribution in [3.8, 4) is 0 Å². The van der Waals surface area contributed by atoms with Crippen molar-refractivity contribution in [1.82, 2.24) is 4.98 Å². The Balaban J connectivity index is 2.39. The van der Waals surface area contributed by atoms with Crippen molar-refractivity contribution in [2.24, 2.45) is 0 Å². The van der Waals surface area contributed by atoms with Crippen LogP contribution in [-0.2, 0) is 9.31 Å². The van der Waals surface area contributed by atoms with E-state index in [1.54, 1.807) is 6.92 Å². The molecule has 1 aliphatic heterocycles. The molecule has 2 heterocycles. The van der Waals surface area contributed by atoms with Crippen molar-refractivity contribution in [3.05, 3.63) is 28.1 Å². The molecule has 2 rings (SSSR count). The lowest BCUT2D eigenvalue weighted by atomic mass is 9.78. The highest BCUT2D eigenvalue weighted by molar-refractivity contribution is 6.62. The summed E-state index contributed by atoms with van der Waals surface area (Å²) in [6.45, 7) is 9.53. The summed E-state index contributed by atoms with van der Waals surface area (Å²) in [4.78, 5) is 14.4. The summed E-state index contributed by atoms with van der Waals surface area (Å²) in [5, 5.41) is 10.8. The Hall–Kier alpha value is -1.47. The van der Waals surface area contributed by atoms with Crippen molar-refractivity contribution in [3.63, 3.8) is 0 Å². The van der Waals surface area contributed by atoms with Crippen LogP contribution in [0.5, 0.6) is 0 Å². The molecule has 6 nitrogen and oxygen atoms in total. The van der Waals surface area contributed by atoms with Gasteiger partial charge in [0.2, 0.25) is 0 Å². The quantitative estimate of drug-likeness (QED) is 0.460. The molecule has 0 unspecified atom stereocenters. The van der Waals surface area contributed by atoms with Crippen LogP contribution in [0.2, 0.25) is 0 Å². The second kappa shape index (κ2) is 4.28. The molecule has 1 aromatic rings. The minimum Gasteiger partial charge on any atom is -0.399 e. The third-order valence-corrected chi connectivity index (χ3v) is 3.83. The second-order valence-electron chi connectivity index (χ2n) is 5.71. The number of hydrogen-bond acceptors (Lipinski definition) is 5. The number of aromatic nitrogens is 1. The van der Waals surface area contributed by atoms with Gasteiger partial charge in [0.05, 0.1) is 16.1 Å². The molecule has 1 saturated heterocycles. The Morgan fingerprint density at radius 2 is 1.79 bits per heavy atom. The van der Waals surface area contributed by atoms with Crippen LogP contribution in [0, 0.1) is 17.0 Å². The van der Waals surface area contributed by atoms with Gasteiger partial charge in [-0.1, -0.05) is 0 Å². The van der Waals surface area contributed by atoms with Crippen LogP contribution in [0.25, 0.3) is 0 Å². The molecule has 7 heteroatoms. The zero-order valence-corrected chi connectivity index (χ0v) is 11.8. The van der Waals surface area contributed by atoms with E-state index in [4.69, 9.17) is 9.31 Å². The SMILES string of the molecule is Cc1ncc([N+](=O)[O-])cc1B1OC(C)(C)C(C)(C)O1. The molecular weight excluding hydrogens is 247 g/mol. The second-order valence-corrected chi connectivity index (χ2v) is 5.71. The Labute approximate surface area is 112 Å². The molecule has 0 radical (unpaired) electrons. The summed E-state index contributed by atoms with van der Waals surface area (Å²) in [7, 11) is -0.627. The van der Waals surface area contributed by atoms with Crippen molar-refractivity contribution in [2.45, 2.75) is 45.8 Å². The van der Waals surface area contributed by atoms with Gasteiger partial charge in [-0.3, -0.25) is 15.1 Å². The first-order valence-corrected chi connectivity index (χ1v) is 6.10. The van der Waals surface area contributed by atoms with Gasteiger partial charge >= 0.3 is 7.12 Å². The largest absolute Gasteiger partial charge is 0.496 e. The topological polar surface area (TPSA) is 74.5 Å². The Kier molecular flexibility index (Phi) is 3.14. The lowest BCUT2D eigenvalue weighted by molar-refractivity contribution is -0.385. The first-order valence-electron chi connectivity index (χ1n) is 6.10. The van der Waals surface area contributed by atoms with E-state index < -0.39 is 23.2 Å². The smallest absolute Gasteiger partial charge is 0.399 e. The summed E-state index contributed by atoms with van der Waals surface area (Å²) in [5.41, 5.74) is 0.260. The van der Waals surface area contributed by atoms with Crippen molar-refractivity contribution in [2.75, 3.05) is 0 Å². The van der Waals surface area contributed by atoms with Crippen molar-refractivity contribution < 1.29 is 14.2 Å². The fourth-order valence-corrected chi connectivity index (χ4v) is 1.85. The molecule has 0 spiro atoms. The minimum absolute atomic E-state index is 0.0599. The lowest BCUT2D eigenvalue weighted by Crippen LogP contribution is -2.41. The summed E-state index contributed by atoms with van der Waals surface area (Å²) in [6.07, 6.45) is 1.24. The number of hydrogen-bond donors (Lipinski definition) is 0. The monoisotopic (exact) mass is 264 g/mol. The fraction of sp³-hybridized carbons (Fsp3) is 0.583. The molecule has 19 heavy (non-hydrogen) atoms. The maximum absolute atomic E-state index is 10.8. The first-order chi connectivity index (χ1) is 8.64. The highest BCUT2D eigenvalue weighted by Gasteiger charge is 2.52. The molecule has 0 bridgehead atoms. The fourth-order valence-electron chi connectivity index (χ4n) is 1.85. The average Bonchev–Trinajstić information content (AvgIpc) is 2.48. The summed E-state index contributed by atoms with van der Waals surface area (Å²) in [6, 6.07) is 1.46. The Bertz CT molecular complexity index is 514. The summed E-state index contributed by atoms with van der Waals surface area (Å²) in [5.74, 6) is 0. The molecule has 0 amide bonds. The molecule has 1 fully saturated rings. The van der Waals surface area contributed by atoms with Crippen LogP contribution in [0.15, 0.2) is 12.3 Å². The Morgan fingerprint density at radius 1 is 1.26 bits per heavy atom. The number of nitrogens with zero attached hydrogens (tertiary/aromatic N) is 2. The van der Waals surface area contributed by atoms with Crippen LogP contribution in [0.1, 0.15) is 33.4 Å². The van der Waals surface area contributed by atoms with Crippen LogP contribution < -0.4 is 5.46 Å². The van der Waals surface area contributed by atoms with E-state index in [0.29, 0.717) is 11.2 Å². The summed E-state index contributed by atoms with van der Waals surface area (Å²) < 4.78 is 11.8. The highest BCUT2D eigenvalue weighted by atomic mass is 16.7. The van der Waals surface area contributed by atoms with Gasteiger partial charge in [0, 0.05) is 17.2 Å². The third-order valence-electron chi connectivity index (χ3n) is 3.83. The van der Waals surface area contributed by atoms with Gasteiger partial charge < -0.3 is 9.31 Å². The van der Waals surface area contributed by atoms with Crippen LogP contribution in [0.3, 0.4) is 0 Å². The predicted octanol–water partition coefficient (Wildman–Crippen LogP) is 1.60. The van der Waals surface area contributed by atoms with E-state index >= 15 is 0 Å². The highest BCUT2D eigenvalue weighted by Crippen LogP contribution is 2.36. The maximum Gasteiger partial charge on any atom is 0.496 e. The molecule has 0 atom stereocenters. The summed E-state index contributed by atoms with van der Waals surface area (Å²) >= 11 is 0. The lowest BCUT2D eigenvalue weighted by Gasteiger charge is -2.32. The number of aryl methyl sites for hydroxylation is 1. The minimum atomic E-state index is -0.627. The molecule has 0 aromatic carbocycles. The van der Waals surface area contributed by atoms with E-state index in [0.717, 1.165) is 0 Å². The number of rotatable bonds is 2. The third kappa shape index (κ3) is 2.35. The van der Waals surface area contributed by atoms with Gasteiger partial charge in [0.1, 0.15) is 6.20 Å². The zero-order chi connectivity index (χ0) is 14.4. The van der Waals surface area contributed by atoms with Crippen LogP contribution in [0.4, 0.5) is 5.69 Å². The van der Waals surface area contributed by atoms with E-state index in [-0.39, 0.29) is 5.69 Å². The zero-order valence-electron chi connectivity index (χ0n) is 11.8. The van der Waals surface area contributed by atoms with Gasteiger partial charge in [0.25, 0.3) is 5.69 Å². The predicted molar refractivity (Wildman–Crippen MR) is 71.3 cm³/mol. The molecule has 102 valence electrons.